The van der Waals surface area contributed by atoms with E-state index in [1.165, 1.54) is 5.56 Å². The molecule has 2 aliphatic rings. The van der Waals surface area contributed by atoms with Crippen molar-refractivity contribution in [1.29, 1.82) is 5.26 Å². The van der Waals surface area contributed by atoms with E-state index in [2.05, 4.69) is 32.0 Å². The molecular formula is C27H29N3O. The number of ketones is 1. The lowest BCUT2D eigenvalue weighted by atomic mass is 9.68. The maximum atomic E-state index is 13.4. The molecule has 2 aromatic rings. The number of nitrogens with two attached hydrogens (primary N) is 1. The van der Waals surface area contributed by atoms with E-state index in [9.17, 15) is 10.1 Å². The monoisotopic (exact) mass is 411 g/mol. The number of nitrogens with zero attached hydrogens (tertiary/aromatic N) is 2. The Morgan fingerprint density at radius 2 is 1.77 bits per heavy atom. The van der Waals surface area contributed by atoms with Crippen LogP contribution in [0, 0.1) is 23.7 Å². The highest BCUT2D eigenvalue weighted by atomic mass is 16.1. The van der Waals surface area contributed by atoms with Crippen molar-refractivity contribution in [3.05, 3.63) is 94.0 Å². The van der Waals surface area contributed by atoms with Crippen LogP contribution in [0.1, 0.15) is 49.3 Å². The zero-order valence-corrected chi connectivity index (χ0v) is 18.5. The number of hydrogen-bond acceptors (Lipinski definition) is 4. The van der Waals surface area contributed by atoms with Crippen molar-refractivity contribution in [2.45, 2.75) is 46.0 Å². The molecule has 0 saturated carbocycles. The maximum absolute atomic E-state index is 13.4. The second kappa shape index (κ2) is 8.07. The van der Waals surface area contributed by atoms with Crippen LogP contribution in [0.25, 0.3) is 0 Å². The number of Topliss-reactive ketones (excluding diaryl/α,β-unsaturated/α-hetero) is 1. The van der Waals surface area contributed by atoms with Crippen molar-refractivity contribution in [2.24, 2.45) is 11.1 Å². The van der Waals surface area contributed by atoms with E-state index in [4.69, 9.17) is 5.73 Å². The molecule has 4 rings (SSSR count). The standard InChI is InChI=1S/C27H29N3O/c1-18-9-11-20(12-10-18)24-21(17-28)26(29)30(14-13-19-7-5-4-6-8-19)22-15-27(2,3)16-23(31)25(22)24/h4-12,24H,13-16,29H2,1-3H3. The smallest absolute Gasteiger partial charge is 0.162 e. The van der Waals surface area contributed by atoms with Gasteiger partial charge in [0.05, 0.1) is 17.6 Å². The fourth-order valence-corrected chi connectivity index (χ4v) is 4.81. The zero-order chi connectivity index (χ0) is 22.2. The van der Waals surface area contributed by atoms with E-state index in [1.807, 2.05) is 54.3 Å². The third-order valence-corrected chi connectivity index (χ3v) is 6.36. The second-order valence-corrected chi connectivity index (χ2v) is 9.44. The third kappa shape index (κ3) is 4.01. The van der Waals surface area contributed by atoms with E-state index < -0.39 is 5.92 Å². The Morgan fingerprint density at radius 3 is 2.42 bits per heavy atom. The van der Waals surface area contributed by atoms with Crippen molar-refractivity contribution in [3.63, 3.8) is 0 Å². The summed E-state index contributed by atoms with van der Waals surface area (Å²) in [6, 6.07) is 20.7. The van der Waals surface area contributed by atoms with Gasteiger partial charge in [-0.25, -0.2) is 0 Å². The number of benzene rings is 2. The molecule has 4 heteroatoms. The molecule has 0 bridgehead atoms. The first-order valence-corrected chi connectivity index (χ1v) is 10.8. The Morgan fingerprint density at radius 1 is 1.10 bits per heavy atom. The second-order valence-electron chi connectivity index (χ2n) is 9.44. The summed E-state index contributed by atoms with van der Waals surface area (Å²) in [7, 11) is 0. The van der Waals surface area contributed by atoms with Crippen LogP contribution in [0.15, 0.2) is 77.3 Å². The van der Waals surface area contributed by atoms with Crippen LogP contribution in [0.4, 0.5) is 0 Å². The minimum atomic E-state index is -0.392. The molecule has 0 radical (unpaired) electrons. The van der Waals surface area contributed by atoms with E-state index >= 15 is 0 Å². The van der Waals surface area contributed by atoms with Gasteiger partial charge in [0.25, 0.3) is 0 Å². The normalized spacial score (nSPS) is 20.5. The summed E-state index contributed by atoms with van der Waals surface area (Å²) in [5, 5.41) is 10.1. The predicted molar refractivity (Wildman–Crippen MR) is 123 cm³/mol. The first kappa shape index (κ1) is 20.9. The summed E-state index contributed by atoms with van der Waals surface area (Å²) in [5.74, 6) is 0.215. The molecule has 31 heavy (non-hydrogen) atoms. The number of nitriles is 1. The van der Waals surface area contributed by atoms with Gasteiger partial charge in [-0.2, -0.15) is 5.26 Å². The van der Waals surface area contributed by atoms with Gasteiger partial charge in [-0.3, -0.25) is 4.79 Å². The molecule has 1 unspecified atom stereocenters. The zero-order valence-electron chi connectivity index (χ0n) is 18.5. The summed E-state index contributed by atoms with van der Waals surface area (Å²) in [4.78, 5) is 15.5. The molecular weight excluding hydrogens is 382 g/mol. The fraction of sp³-hybridized carbons (Fsp3) is 0.333. The molecule has 0 amide bonds. The maximum Gasteiger partial charge on any atom is 0.162 e. The van der Waals surface area contributed by atoms with Crippen molar-refractivity contribution < 1.29 is 4.79 Å². The third-order valence-electron chi connectivity index (χ3n) is 6.36. The molecule has 1 atom stereocenters. The summed E-state index contributed by atoms with van der Waals surface area (Å²) in [6.45, 7) is 6.93. The molecule has 1 aliphatic carbocycles. The largest absolute Gasteiger partial charge is 0.384 e. The van der Waals surface area contributed by atoms with E-state index in [0.717, 1.165) is 35.2 Å². The van der Waals surface area contributed by atoms with Crippen LogP contribution >= 0.6 is 0 Å². The number of hydrogen-bond donors (Lipinski definition) is 1. The number of carbonyl (C=O) groups is 1. The average molecular weight is 412 g/mol. The van der Waals surface area contributed by atoms with E-state index in [1.54, 1.807) is 0 Å². The number of rotatable bonds is 4. The Hall–Kier alpha value is -3.32. The minimum Gasteiger partial charge on any atom is -0.384 e. The van der Waals surface area contributed by atoms with Crippen LogP contribution in [-0.4, -0.2) is 17.2 Å². The predicted octanol–water partition coefficient (Wildman–Crippen LogP) is 4.97. The summed E-state index contributed by atoms with van der Waals surface area (Å²) < 4.78 is 0. The Labute approximate surface area is 184 Å². The van der Waals surface area contributed by atoms with Gasteiger partial charge in [-0.15, -0.1) is 0 Å². The molecule has 1 aliphatic heterocycles. The first-order valence-electron chi connectivity index (χ1n) is 10.8. The van der Waals surface area contributed by atoms with Crippen LogP contribution in [0.2, 0.25) is 0 Å². The van der Waals surface area contributed by atoms with Gasteiger partial charge in [-0.05, 0) is 36.3 Å². The number of aryl methyl sites for hydroxylation is 1. The average Bonchev–Trinajstić information content (AvgIpc) is 2.73. The lowest BCUT2D eigenvalue weighted by Crippen LogP contribution is -2.42. The van der Waals surface area contributed by atoms with Crippen LogP contribution in [-0.2, 0) is 11.2 Å². The van der Waals surface area contributed by atoms with Crippen molar-refractivity contribution in [2.75, 3.05) is 6.54 Å². The van der Waals surface area contributed by atoms with Gasteiger partial charge in [0.2, 0.25) is 0 Å². The van der Waals surface area contributed by atoms with Gasteiger partial charge in [0, 0.05) is 24.2 Å². The van der Waals surface area contributed by atoms with E-state index in [-0.39, 0.29) is 11.2 Å². The Kier molecular flexibility index (Phi) is 5.45. The fourth-order valence-electron chi connectivity index (χ4n) is 4.81. The highest BCUT2D eigenvalue weighted by Crippen LogP contribution is 2.48. The van der Waals surface area contributed by atoms with Crippen LogP contribution in [0.5, 0.6) is 0 Å². The lowest BCUT2D eigenvalue weighted by molar-refractivity contribution is -0.118. The molecule has 0 aromatic heterocycles. The summed E-state index contributed by atoms with van der Waals surface area (Å²) in [5.41, 5.74) is 12.0. The molecule has 2 aromatic carbocycles. The van der Waals surface area contributed by atoms with Gasteiger partial charge in [-0.1, -0.05) is 74.0 Å². The summed E-state index contributed by atoms with van der Waals surface area (Å²) >= 11 is 0. The Bertz CT molecular complexity index is 1100. The number of carbonyl (C=O) groups excluding carboxylic acids is 1. The van der Waals surface area contributed by atoms with Crippen molar-refractivity contribution >= 4 is 5.78 Å². The molecule has 0 spiro atoms. The highest BCUT2D eigenvalue weighted by Gasteiger charge is 2.44. The summed E-state index contributed by atoms with van der Waals surface area (Å²) in [6.07, 6.45) is 2.05. The number of allylic oxidation sites excluding steroid dienone is 3. The molecule has 0 fully saturated rings. The van der Waals surface area contributed by atoms with Gasteiger partial charge in [0.15, 0.2) is 5.78 Å². The SMILES string of the molecule is Cc1ccc(C2C(C#N)=C(N)N(CCc3ccccc3)C3=C2C(=O)CC(C)(C)C3)cc1. The topological polar surface area (TPSA) is 70.1 Å². The van der Waals surface area contributed by atoms with Gasteiger partial charge >= 0.3 is 0 Å². The molecule has 1 heterocycles. The highest BCUT2D eigenvalue weighted by molar-refractivity contribution is 6.00. The van der Waals surface area contributed by atoms with Crippen LogP contribution < -0.4 is 5.73 Å². The quantitative estimate of drug-likeness (QED) is 0.771. The van der Waals surface area contributed by atoms with Gasteiger partial charge < -0.3 is 10.6 Å². The van der Waals surface area contributed by atoms with Crippen molar-refractivity contribution in [3.8, 4) is 6.07 Å². The first-order chi connectivity index (χ1) is 14.8. The lowest BCUT2D eigenvalue weighted by Gasteiger charge is -2.44. The Balaban J connectivity index is 1.82. The molecule has 4 nitrogen and oxygen atoms in total. The van der Waals surface area contributed by atoms with E-state index in [0.29, 0.717) is 24.4 Å². The van der Waals surface area contributed by atoms with Gasteiger partial charge in [0.1, 0.15) is 5.82 Å². The van der Waals surface area contributed by atoms with Crippen LogP contribution in [0.3, 0.4) is 0 Å². The minimum absolute atomic E-state index is 0.127. The molecule has 0 saturated heterocycles. The molecule has 2 N–H and O–H groups in total. The molecule has 158 valence electrons. The van der Waals surface area contributed by atoms with Crippen molar-refractivity contribution in [1.82, 2.24) is 4.90 Å².